The van der Waals surface area contributed by atoms with Crippen LogP contribution in [0, 0.1) is 34.0 Å². The van der Waals surface area contributed by atoms with E-state index in [9.17, 15) is 9.90 Å². The van der Waals surface area contributed by atoms with Crippen LogP contribution in [0.2, 0.25) is 0 Å². The Bertz CT molecular complexity index is 858. The molecule has 2 saturated heterocycles. The molecule has 0 amide bonds. The molecule has 0 aromatic heterocycles. The molecule has 4 nitrogen and oxygen atoms in total. The highest BCUT2D eigenvalue weighted by molar-refractivity contribution is 5.70. The summed E-state index contributed by atoms with van der Waals surface area (Å²) in [5.74, 6) is 1.72. The minimum absolute atomic E-state index is 0.0122. The van der Waals surface area contributed by atoms with Crippen LogP contribution in [0.3, 0.4) is 0 Å². The first-order valence-electron chi connectivity index (χ1n) is 14.2. The number of esters is 1. The molecule has 5 fully saturated rings. The first-order valence-corrected chi connectivity index (χ1v) is 14.2. The number of rotatable bonds is 5. The van der Waals surface area contributed by atoms with Gasteiger partial charge in [-0.1, -0.05) is 40.5 Å². The normalized spacial score (nSPS) is 50.2. The zero-order valence-electron chi connectivity index (χ0n) is 23.2. The minimum atomic E-state index is -0.565. The van der Waals surface area contributed by atoms with Crippen LogP contribution in [0.15, 0.2) is 0 Å². The van der Waals surface area contributed by atoms with E-state index >= 15 is 0 Å². The van der Waals surface area contributed by atoms with E-state index < -0.39 is 11.2 Å². The molecule has 0 aromatic rings. The van der Waals surface area contributed by atoms with E-state index in [4.69, 9.17) is 9.47 Å². The zero-order chi connectivity index (χ0) is 25.0. The fourth-order valence-corrected chi connectivity index (χ4v) is 10.7. The van der Waals surface area contributed by atoms with Crippen molar-refractivity contribution in [3.63, 3.8) is 0 Å². The SMILES string of the molecule is C[C@H](CCCC(C)(C)O)[C@H]1CC[C@@]2(C)[C@@]34CC[C@H]5C(C)(C)OC(=O)CC[C@]5(C)[C@]3(CC[C@]12C)O4. The summed E-state index contributed by atoms with van der Waals surface area (Å²) in [6.07, 6.45) is 11.7. The first kappa shape index (κ1) is 25.1. The Balaban J connectivity index is 1.43. The van der Waals surface area contributed by atoms with Gasteiger partial charge in [-0.3, -0.25) is 4.79 Å². The quantitative estimate of drug-likeness (QED) is 0.351. The second-order valence-electron chi connectivity index (χ2n) is 14.9. The van der Waals surface area contributed by atoms with E-state index in [0.717, 1.165) is 44.4 Å². The molecule has 0 radical (unpaired) electrons. The molecule has 0 unspecified atom stereocenters. The number of aliphatic hydroxyl groups is 1. The van der Waals surface area contributed by atoms with Crippen molar-refractivity contribution in [2.24, 2.45) is 34.0 Å². The lowest BCUT2D eigenvalue weighted by molar-refractivity contribution is -0.167. The molecule has 3 aliphatic carbocycles. The van der Waals surface area contributed by atoms with Crippen molar-refractivity contribution in [3.8, 4) is 0 Å². The lowest BCUT2D eigenvalue weighted by atomic mass is 9.40. The summed E-state index contributed by atoms with van der Waals surface area (Å²) in [5.41, 5.74) is -0.666. The molecule has 5 aliphatic rings. The number of carbonyl (C=O) groups is 1. The molecule has 3 saturated carbocycles. The molecule has 4 heteroatoms. The van der Waals surface area contributed by atoms with E-state index in [1.54, 1.807) is 0 Å². The third-order valence-electron chi connectivity index (χ3n) is 12.6. The van der Waals surface area contributed by atoms with E-state index in [1.165, 1.54) is 25.7 Å². The monoisotopic (exact) mass is 474 g/mol. The van der Waals surface area contributed by atoms with Crippen LogP contribution in [-0.4, -0.2) is 33.5 Å². The summed E-state index contributed by atoms with van der Waals surface area (Å²) in [5, 5.41) is 10.2. The Morgan fingerprint density at radius 3 is 2.35 bits per heavy atom. The van der Waals surface area contributed by atoms with Crippen LogP contribution in [0.4, 0.5) is 0 Å². The fraction of sp³-hybridized carbons (Fsp3) is 0.967. The Morgan fingerprint density at radius 1 is 0.971 bits per heavy atom. The van der Waals surface area contributed by atoms with Crippen molar-refractivity contribution in [2.75, 3.05) is 0 Å². The Kier molecular flexibility index (Phi) is 5.34. The van der Waals surface area contributed by atoms with Gasteiger partial charge in [-0.25, -0.2) is 0 Å². The summed E-state index contributed by atoms with van der Waals surface area (Å²) in [6.45, 7) is 18.2. The molecule has 2 aliphatic heterocycles. The Morgan fingerprint density at radius 2 is 1.68 bits per heavy atom. The highest BCUT2D eigenvalue weighted by atomic mass is 16.6. The molecule has 8 atom stereocenters. The van der Waals surface area contributed by atoms with Gasteiger partial charge in [-0.15, -0.1) is 0 Å². The fourth-order valence-electron chi connectivity index (χ4n) is 10.7. The molecule has 2 heterocycles. The van der Waals surface area contributed by atoms with Crippen molar-refractivity contribution < 1.29 is 19.4 Å². The van der Waals surface area contributed by atoms with Crippen LogP contribution in [-0.2, 0) is 14.3 Å². The van der Waals surface area contributed by atoms with Crippen molar-refractivity contribution in [2.45, 2.75) is 148 Å². The number of hydrogen-bond acceptors (Lipinski definition) is 4. The smallest absolute Gasteiger partial charge is 0.306 e. The molecule has 0 spiro atoms. The van der Waals surface area contributed by atoms with E-state index in [1.807, 2.05) is 13.8 Å². The molecule has 1 N–H and O–H groups in total. The van der Waals surface area contributed by atoms with Gasteiger partial charge in [0.15, 0.2) is 0 Å². The predicted molar refractivity (Wildman–Crippen MR) is 134 cm³/mol. The van der Waals surface area contributed by atoms with Gasteiger partial charge in [-0.2, -0.15) is 0 Å². The summed E-state index contributed by atoms with van der Waals surface area (Å²) < 4.78 is 13.2. The van der Waals surface area contributed by atoms with Crippen LogP contribution in [0.25, 0.3) is 0 Å². The average molecular weight is 475 g/mol. The number of fused-ring (bicyclic) bond motifs is 2. The maximum atomic E-state index is 12.5. The average Bonchev–Trinajstić information content (AvgIpc) is 3.35. The molecular formula is C30H50O4. The second kappa shape index (κ2) is 7.24. The summed E-state index contributed by atoms with van der Waals surface area (Å²) in [6, 6.07) is 0. The zero-order valence-corrected chi connectivity index (χ0v) is 23.2. The highest BCUT2D eigenvalue weighted by Gasteiger charge is 2.90. The van der Waals surface area contributed by atoms with Gasteiger partial charge in [0, 0.05) is 23.2 Å². The lowest BCUT2D eigenvalue weighted by Crippen LogP contribution is -2.64. The highest BCUT2D eigenvalue weighted by Crippen LogP contribution is 2.85. The standard InChI is InChI=1S/C30H50O4/c1-20(10-9-14-24(2,3)32)21-11-16-28(8)26(21,6)18-19-29-27(7)15-13-23(31)33-25(4,5)22(27)12-17-30(28,29)34-29/h20-22,32H,9-19H2,1-8H3/t20-,21-,22+,26-,27+,28-,29+,30+/m1/s1. The van der Waals surface area contributed by atoms with Gasteiger partial charge in [0.25, 0.3) is 0 Å². The number of ether oxygens (including phenoxy) is 2. The number of hydrogen-bond donors (Lipinski definition) is 1. The molecule has 0 bridgehead atoms. The maximum absolute atomic E-state index is 12.5. The van der Waals surface area contributed by atoms with E-state index in [2.05, 4.69) is 41.5 Å². The third kappa shape index (κ3) is 2.99. The van der Waals surface area contributed by atoms with Crippen molar-refractivity contribution >= 4 is 5.97 Å². The van der Waals surface area contributed by atoms with Crippen LogP contribution < -0.4 is 0 Å². The van der Waals surface area contributed by atoms with Gasteiger partial charge in [0.2, 0.25) is 0 Å². The Hall–Kier alpha value is -0.610. The van der Waals surface area contributed by atoms with Crippen LogP contribution >= 0.6 is 0 Å². The second-order valence-corrected chi connectivity index (χ2v) is 14.9. The molecule has 0 aromatic carbocycles. The number of carbonyl (C=O) groups excluding carboxylic acids is 1. The number of cyclic esters (lactones) is 1. The van der Waals surface area contributed by atoms with Crippen LogP contribution in [0.5, 0.6) is 0 Å². The van der Waals surface area contributed by atoms with Gasteiger partial charge in [-0.05, 0) is 96.3 Å². The van der Waals surface area contributed by atoms with Gasteiger partial charge in [0.1, 0.15) is 16.8 Å². The summed E-state index contributed by atoms with van der Waals surface area (Å²) in [4.78, 5) is 12.5. The van der Waals surface area contributed by atoms with Crippen molar-refractivity contribution in [1.82, 2.24) is 0 Å². The minimum Gasteiger partial charge on any atom is -0.459 e. The van der Waals surface area contributed by atoms with Gasteiger partial charge < -0.3 is 14.6 Å². The summed E-state index contributed by atoms with van der Waals surface area (Å²) in [7, 11) is 0. The van der Waals surface area contributed by atoms with E-state index in [0.29, 0.717) is 18.3 Å². The number of epoxide rings is 1. The topological polar surface area (TPSA) is 59.1 Å². The first-order chi connectivity index (χ1) is 15.6. The van der Waals surface area contributed by atoms with E-state index in [-0.39, 0.29) is 33.4 Å². The molecule has 194 valence electrons. The van der Waals surface area contributed by atoms with Crippen molar-refractivity contribution in [1.29, 1.82) is 0 Å². The largest absolute Gasteiger partial charge is 0.459 e. The van der Waals surface area contributed by atoms with Gasteiger partial charge >= 0.3 is 5.97 Å². The maximum Gasteiger partial charge on any atom is 0.306 e. The van der Waals surface area contributed by atoms with Crippen LogP contribution in [0.1, 0.15) is 126 Å². The summed E-state index contributed by atoms with van der Waals surface area (Å²) >= 11 is 0. The lowest BCUT2D eigenvalue weighted by Gasteiger charge is -2.60. The van der Waals surface area contributed by atoms with Gasteiger partial charge in [0.05, 0.1) is 5.60 Å². The molecular weight excluding hydrogens is 424 g/mol. The third-order valence-corrected chi connectivity index (χ3v) is 12.6. The predicted octanol–water partition coefficient (Wildman–Crippen LogP) is 6.82. The molecule has 5 rings (SSSR count). The Labute approximate surface area is 207 Å². The molecule has 34 heavy (non-hydrogen) atoms. The van der Waals surface area contributed by atoms with Crippen molar-refractivity contribution in [3.05, 3.63) is 0 Å².